The summed E-state index contributed by atoms with van der Waals surface area (Å²) in [4.78, 5) is 19.9. The molecule has 0 aromatic heterocycles. The molecule has 0 aliphatic carbocycles. The SMILES string of the molecule is COc1cc2c(c(O)c1Oc1c(Oc3c(OC(C)=O)c(OC)cc4c3[C@@H](CC(C)C)N(C)CC4)c(OC)cc3c1[C@@H](CC(C)C)N(C)CC3)[C@@H](CC(C)C)N(C)CC2. The molecule has 318 valence electrons. The molecule has 3 aliphatic heterocycles. The van der Waals surface area contributed by atoms with E-state index in [-0.39, 0.29) is 35.4 Å². The van der Waals surface area contributed by atoms with Gasteiger partial charge in [0.05, 0.1) is 21.3 Å². The Kier molecular flexibility index (Phi) is 13.4. The lowest BCUT2D eigenvalue weighted by atomic mass is 9.85. The molecule has 0 bridgehead atoms. The molecule has 6 rings (SSSR count). The molecule has 11 heteroatoms. The molecule has 0 unspecified atom stereocenters. The highest BCUT2D eigenvalue weighted by atomic mass is 16.6. The zero-order valence-corrected chi connectivity index (χ0v) is 37.2. The largest absolute Gasteiger partial charge is 0.504 e. The Morgan fingerprint density at radius 3 is 1.33 bits per heavy atom. The first kappa shape index (κ1) is 43.4. The zero-order valence-electron chi connectivity index (χ0n) is 37.2. The molecule has 3 heterocycles. The lowest BCUT2D eigenvalue weighted by molar-refractivity contribution is -0.132. The van der Waals surface area contributed by atoms with E-state index in [4.69, 9.17) is 28.4 Å². The number of methoxy groups -OCH3 is 3. The predicted molar refractivity (Wildman–Crippen MR) is 228 cm³/mol. The summed E-state index contributed by atoms with van der Waals surface area (Å²) < 4.78 is 38.8. The van der Waals surface area contributed by atoms with E-state index in [0.29, 0.717) is 52.3 Å². The summed E-state index contributed by atoms with van der Waals surface area (Å²) in [5, 5.41) is 12.5. The van der Waals surface area contributed by atoms with Gasteiger partial charge in [0.15, 0.2) is 34.5 Å². The zero-order chi connectivity index (χ0) is 42.2. The van der Waals surface area contributed by atoms with Gasteiger partial charge in [-0.15, -0.1) is 0 Å². The number of esters is 1. The van der Waals surface area contributed by atoms with Crippen LogP contribution in [0.5, 0.6) is 51.7 Å². The number of ether oxygens (including phenoxy) is 6. The Labute approximate surface area is 346 Å². The van der Waals surface area contributed by atoms with Gasteiger partial charge in [-0.25, -0.2) is 0 Å². The fraction of sp³-hybridized carbons (Fsp3) is 0.596. The average Bonchev–Trinajstić information content (AvgIpc) is 3.16. The normalized spacial score (nSPS) is 19.8. The summed E-state index contributed by atoms with van der Waals surface area (Å²) in [7, 11) is 11.2. The van der Waals surface area contributed by atoms with Crippen molar-refractivity contribution in [2.75, 3.05) is 62.1 Å². The lowest BCUT2D eigenvalue weighted by Crippen LogP contribution is -2.34. The number of carbonyl (C=O) groups excluding carboxylic acids is 1. The smallest absolute Gasteiger partial charge is 0.308 e. The number of aromatic hydroxyl groups is 1. The third-order valence-electron chi connectivity index (χ3n) is 12.2. The van der Waals surface area contributed by atoms with Gasteiger partial charge in [-0.05, 0) is 112 Å². The predicted octanol–water partition coefficient (Wildman–Crippen LogP) is 9.65. The van der Waals surface area contributed by atoms with E-state index in [9.17, 15) is 9.90 Å². The van der Waals surface area contributed by atoms with Crippen molar-refractivity contribution < 1.29 is 38.3 Å². The molecule has 1 N–H and O–H groups in total. The minimum Gasteiger partial charge on any atom is -0.504 e. The Balaban J connectivity index is 1.68. The molecular weight excluding hydrogens is 735 g/mol. The fourth-order valence-corrected chi connectivity index (χ4v) is 9.33. The van der Waals surface area contributed by atoms with Crippen LogP contribution in [0.4, 0.5) is 0 Å². The van der Waals surface area contributed by atoms with Crippen molar-refractivity contribution in [3.05, 3.63) is 51.6 Å². The van der Waals surface area contributed by atoms with Gasteiger partial charge in [0.25, 0.3) is 0 Å². The molecule has 11 nitrogen and oxygen atoms in total. The average molecular weight is 802 g/mol. The second kappa shape index (κ2) is 18.0. The highest BCUT2D eigenvalue weighted by Crippen LogP contribution is 2.58. The van der Waals surface area contributed by atoms with E-state index >= 15 is 0 Å². The molecule has 3 aromatic carbocycles. The van der Waals surface area contributed by atoms with Crippen LogP contribution in [0.3, 0.4) is 0 Å². The van der Waals surface area contributed by atoms with Crippen molar-refractivity contribution >= 4 is 5.97 Å². The molecule has 0 amide bonds. The lowest BCUT2D eigenvalue weighted by Gasteiger charge is -2.39. The Hall–Kier alpha value is -4.19. The van der Waals surface area contributed by atoms with Crippen LogP contribution in [-0.2, 0) is 24.1 Å². The molecule has 0 fully saturated rings. The van der Waals surface area contributed by atoms with E-state index in [1.54, 1.807) is 21.3 Å². The van der Waals surface area contributed by atoms with E-state index in [0.717, 1.165) is 91.5 Å². The van der Waals surface area contributed by atoms with Gasteiger partial charge in [0, 0.05) is 61.4 Å². The van der Waals surface area contributed by atoms with Gasteiger partial charge >= 0.3 is 5.97 Å². The van der Waals surface area contributed by atoms with E-state index in [2.05, 4.69) is 83.5 Å². The molecule has 0 spiro atoms. The first-order chi connectivity index (χ1) is 27.6. The highest BCUT2D eigenvalue weighted by Gasteiger charge is 2.39. The molecule has 0 saturated carbocycles. The first-order valence-corrected chi connectivity index (χ1v) is 21.1. The Bertz CT molecular complexity index is 1980. The van der Waals surface area contributed by atoms with Gasteiger partial charge in [-0.2, -0.15) is 0 Å². The number of phenolic OH excluding ortho intramolecular Hbond substituents is 1. The van der Waals surface area contributed by atoms with Crippen LogP contribution in [0.2, 0.25) is 0 Å². The summed E-state index contributed by atoms with van der Waals surface area (Å²) in [6, 6.07) is 5.99. The van der Waals surface area contributed by atoms with Gasteiger partial charge in [-0.1, -0.05) is 41.5 Å². The van der Waals surface area contributed by atoms with Crippen LogP contribution < -0.4 is 28.4 Å². The summed E-state index contributed by atoms with van der Waals surface area (Å²) in [5.41, 5.74) is 5.98. The summed E-state index contributed by atoms with van der Waals surface area (Å²) in [6.07, 6.45) is 4.88. The molecule has 0 radical (unpaired) electrons. The third kappa shape index (κ3) is 8.59. The maximum absolute atomic E-state index is 12.9. The second-order valence-electron chi connectivity index (χ2n) is 17.9. The van der Waals surface area contributed by atoms with Gasteiger partial charge in [0.2, 0.25) is 17.2 Å². The van der Waals surface area contributed by atoms with Gasteiger partial charge < -0.3 is 33.5 Å². The summed E-state index contributed by atoms with van der Waals surface area (Å²) in [5.74, 6) is 3.58. The number of phenols is 1. The van der Waals surface area contributed by atoms with Crippen molar-refractivity contribution in [1.82, 2.24) is 14.7 Å². The van der Waals surface area contributed by atoms with Crippen molar-refractivity contribution in [3.63, 3.8) is 0 Å². The number of likely N-dealkylation sites (N-methyl/N-ethyl adjacent to an activating group) is 3. The number of rotatable bonds is 14. The molecular formula is C47H67N3O8. The first-order valence-electron chi connectivity index (χ1n) is 21.1. The number of carbonyl (C=O) groups is 1. The minimum atomic E-state index is -0.496. The molecule has 58 heavy (non-hydrogen) atoms. The minimum absolute atomic E-state index is 0.00347. The Morgan fingerprint density at radius 1 is 0.586 bits per heavy atom. The van der Waals surface area contributed by atoms with E-state index in [1.165, 1.54) is 6.92 Å². The Morgan fingerprint density at radius 2 is 0.931 bits per heavy atom. The van der Waals surface area contributed by atoms with Crippen molar-refractivity contribution in [2.24, 2.45) is 17.8 Å². The second-order valence-corrected chi connectivity index (χ2v) is 17.9. The number of hydrogen-bond acceptors (Lipinski definition) is 11. The molecule has 0 saturated heterocycles. The van der Waals surface area contributed by atoms with Gasteiger partial charge in [0.1, 0.15) is 0 Å². The summed E-state index contributed by atoms with van der Waals surface area (Å²) in [6.45, 7) is 17.3. The van der Waals surface area contributed by atoms with Crippen LogP contribution in [0, 0.1) is 17.8 Å². The van der Waals surface area contributed by atoms with Gasteiger partial charge in [-0.3, -0.25) is 19.5 Å². The molecule has 3 aromatic rings. The van der Waals surface area contributed by atoms with Crippen LogP contribution in [0.25, 0.3) is 0 Å². The monoisotopic (exact) mass is 801 g/mol. The van der Waals surface area contributed by atoms with E-state index < -0.39 is 5.97 Å². The number of fused-ring (bicyclic) bond motifs is 3. The fourth-order valence-electron chi connectivity index (χ4n) is 9.33. The van der Waals surface area contributed by atoms with Crippen molar-refractivity contribution in [1.29, 1.82) is 0 Å². The third-order valence-corrected chi connectivity index (χ3v) is 12.2. The van der Waals surface area contributed by atoms with Crippen molar-refractivity contribution in [3.8, 4) is 51.7 Å². The standard InChI is InChI=1S/C47H67N3O8/c1-26(2)20-33-39-30(14-17-48(33)8)23-36(53-11)43(42(39)52)57-47-41-32(16-19-50(10)35(41)22-28(5)6)25-38(55-13)45(47)58-46-40-31(15-18-49(9)34(40)21-27(3)4)24-37(54-12)44(46)56-29(7)51/h23-28,33-35,52H,14-22H2,1-13H3/t33-,34-,35-/m1/s1. The summed E-state index contributed by atoms with van der Waals surface area (Å²) >= 11 is 0. The van der Waals surface area contributed by atoms with Crippen LogP contribution in [-0.4, -0.2) is 87.9 Å². The van der Waals surface area contributed by atoms with E-state index in [1.807, 2.05) is 12.1 Å². The highest BCUT2D eigenvalue weighted by molar-refractivity contribution is 5.75. The number of benzene rings is 3. The molecule has 3 atom stereocenters. The van der Waals surface area contributed by atoms with Crippen molar-refractivity contribution in [2.45, 2.75) is 105 Å². The number of hydrogen-bond donors (Lipinski definition) is 1. The molecule has 3 aliphatic rings. The number of nitrogens with zero attached hydrogens (tertiary/aromatic N) is 3. The quantitative estimate of drug-likeness (QED) is 0.125. The van der Waals surface area contributed by atoms with Crippen LogP contribution in [0.15, 0.2) is 18.2 Å². The topological polar surface area (TPSA) is 102 Å². The van der Waals surface area contributed by atoms with Crippen LogP contribution in [0.1, 0.15) is 119 Å². The van der Waals surface area contributed by atoms with Crippen LogP contribution >= 0.6 is 0 Å². The maximum Gasteiger partial charge on any atom is 0.308 e. The maximum atomic E-state index is 12.9.